The predicted octanol–water partition coefficient (Wildman–Crippen LogP) is 2.61. The third-order valence-electron chi connectivity index (χ3n) is 3.73. The maximum Gasteiger partial charge on any atom is 0.241 e. The molecule has 23 heavy (non-hydrogen) atoms. The van der Waals surface area contributed by atoms with E-state index in [2.05, 4.69) is 19.2 Å². The Morgan fingerprint density at radius 1 is 1.09 bits per heavy atom. The average molecular weight is 312 g/mol. The van der Waals surface area contributed by atoms with Gasteiger partial charge in [0.15, 0.2) is 0 Å². The number of nitrogens with one attached hydrogen (secondary N) is 1. The van der Waals surface area contributed by atoms with Crippen LogP contribution in [0.15, 0.2) is 42.5 Å². The number of amides is 2. The molecule has 4 nitrogen and oxygen atoms in total. The molecule has 0 heterocycles. The lowest BCUT2D eigenvalue weighted by molar-refractivity contribution is -0.132. The van der Waals surface area contributed by atoms with Crippen molar-refractivity contribution in [1.29, 1.82) is 0 Å². The van der Waals surface area contributed by atoms with Gasteiger partial charge in [0.1, 0.15) is 0 Å². The number of hydrogen-bond acceptors (Lipinski definition) is 2. The SMILES string of the molecule is CC(C)CN(C)C(=O)CNC(=O)Cc1cccc2ccccc12. The normalized spacial score (nSPS) is 10.8. The topological polar surface area (TPSA) is 49.4 Å². The van der Waals surface area contributed by atoms with E-state index in [9.17, 15) is 9.59 Å². The van der Waals surface area contributed by atoms with Crippen molar-refractivity contribution in [1.82, 2.24) is 10.2 Å². The molecule has 0 unspecified atom stereocenters. The van der Waals surface area contributed by atoms with E-state index in [4.69, 9.17) is 0 Å². The van der Waals surface area contributed by atoms with Crippen LogP contribution < -0.4 is 5.32 Å². The first-order valence-corrected chi connectivity index (χ1v) is 7.94. The van der Waals surface area contributed by atoms with E-state index in [0.29, 0.717) is 12.5 Å². The van der Waals surface area contributed by atoms with Gasteiger partial charge < -0.3 is 10.2 Å². The van der Waals surface area contributed by atoms with Gasteiger partial charge in [0.25, 0.3) is 0 Å². The average Bonchev–Trinajstić information content (AvgIpc) is 2.52. The van der Waals surface area contributed by atoms with Gasteiger partial charge in [-0.25, -0.2) is 0 Å². The number of nitrogens with zero attached hydrogens (tertiary/aromatic N) is 1. The van der Waals surface area contributed by atoms with E-state index < -0.39 is 0 Å². The van der Waals surface area contributed by atoms with Crippen LogP contribution >= 0.6 is 0 Å². The minimum absolute atomic E-state index is 0.0484. The molecule has 0 aliphatic heterocycles. The summed E-state index contributed by atoms with van der Waals surface area (Å²) in [5, 5.41) is 4.91. The summed E-state index contributed by atoms with van der Waals surface area (Å²) in [6.07, 6.45) is 0.280. The van der Waals surface area contributed by atoms with Gasteiger partial charge in [-0.1, -0.05) is 56.3 Å². The molecule has 0 saturated carbocycles. The van der Waals surface area contributed by atoms with E-state index in [1.54, 1.807) is 11.9 Å². The highest BCUT2D eigenvalue weighted by molar-refractivity contribution is 5.91. The minimum Gasteiger partial charge on any atom is -0.347 e. The van der Waals surface area contributed by atoms with Gasteiger partial charge in [0, 0.05) is 13.6 Å². The first-order chi connectivity index (χ1) is 11.0. The second-order valence-corrected chi connectivity index (χ2v) is 6.26. The zero-order valence-corrected chi connectivity index (χ0v) is 14.0. The van der Waals surface area contributed by atoms with Crippen molar-refractivity contribution in [2.75, 3.05) is 20.1 Å². The highest BCUT2D eigenvalue weighted by Gasteiger charge is 2.12. The molecule has 0 bridgehead atoms. The van der Waals surface area contributed by atoms with Gasteiger partial charge >= 0.3 is 0 Å². The van der Waals surface area contributed by atoms with E-state index in [1.165, 1.54) is 0 Å². The second kappa shape index (κ2) is 7.77. The Hall–Kier alpha value is -2.36. The standard InChI is InChI=1S/C19H24N2O2/c1-14(2)13-21(3)19(23)12-20-18(22)11-16-9-6-8-15-7-4-5-10-17(15)16/h4-10,14H,11-13H2,1-3H3,(H,20,22). The Morgan fingerprint density at radius 2 is 1.78 bits per heavy atom. The number of carbonyl (C=O) groups is 2. The van der Waals surface area contributed by atoms with Crippen molar-refractivity contribution in [2.45, 2.75) is 20.3 Å². The Kier molecular flexibility index (Phi) is 5.74. The summed E-state index contributed by atoms with van der Waals surface area (Å²) in [6, 6.07) is 13.9. The van der Waals surface area contributed by atoms with Crippen molar-refractivity contribution in [3.63, 3.8) is 0 Å². The fourth-order valence-corrected chi connectivity index (χ4v) is 2.64. The molecule has 2 aromatic rings. The summed E-state index contributed by atoms with van der Waals surface area (Å²) >= 11 is 0. The van der Waals surface area contributed by atoms with Crippen LogP contribution in [0.2, 0.25) is 0 Å². The van der Waals surface area contributed by atoms with Crippen LogP contribution in [0.5, 0.6) is 0 Å². The van der Waals surface area contributed by atoms with E-state index in [-0.39, 0.29) is 24.8 Å². The zero-order chi connectivity index (χ0) is 16.8. The summed E-state index contributed by atoms with van der Waals surface area (Å²) < 4.78 is 0. The van der Waals surface area contributed by atoms with Crippen molar-refractivity contribution in [3.05, 3.63) is 48.0 Å². The van der Waals surface area contributed by atoms with E-state index in [0.717, 1.165) is 16.3 Å². The van der Waals surface area contributed by atoms with Crippen molar-refractivity contribution in [2.24, 2.45) is 5.92 Å². The molecular weight excluding hydrogens is 288 g/mol. The largest absolute Gasteiger partial charge is 0.347 e. The lowest BCUT2D eigenvalue weighted by atomic mass is 10.0. The van der Waals surface area contributed by atoms with Crippen molar-refractivity contribution in [3.8, 4) is 0 Å². The molecule has 0 spiro atoms. The molecule has 0 aliphatic carbocycles. The first-order valence-electron chi connectivity index (χ1n) is 7.94. The van der Waals surface area contributed by atoms with Crippen LogP contribution in [-0.2, 0) is 16.0 Å². The minimum atomic E-state index is -0.132. The fourth-order valence-electron chi connectivity index (χ4n) is 2.64. The van der Waals surface area contributed by atoms with Crippen LogP contribution in [0.3, 0.4) is 0 Å². The third kappa shape index (κ3) is 4.81. The van der Waals surface area contributed by atoms with Gasteiger partial charge in [-0.3, -0.25) is 9.59 Å². The molecule has 0 fully saturated rings. The maximum atomic E-state index is 12.1. The highest BCUT2D eigenvalue weighted by atomic mass is 16.2. The molecular formula is C19H24N2O2. The van der Waals surface area contributed by atoms with Gasteiger partial charge in [-0.2, -0.15) is 0 Å². The Balaban J connectivity index is 1.93. The molecule has 4 heteroatoms. The Morgan fingerprint density at radius 3 is 2.52 bits per heavy atom. The van der Waals surface area contributed by atoms with Crippen LogP contribution in [0, 0.1) is 5.92 Å². The highest BCUT2D eigenvalue weighted by Crippen LogP contribution is 2.18. The molecule has 0 radical (unpaired) electrons. The summed E-state index contributed by atoms with van der Waals surface area (Å²) in [7, 11) is 1.76. The molecule has 0 aliphatic rings. The van der Waals surface area contributed by atoms with Crippen LogP contribution in [0.1, 0.15) is 19.4 Å². The van der Waals surface area contributed by atoms with Crippen LogP contribution in [0.25, 0.3) is 10.8 Å². The number of likely N-dealkylation sites (N-methyl/N-ethyl adjacent to an activating group) is 1. The lowest BCUT2D eigenvalue weighted by Gasteiger charge is -2.19. The molecule has 122 valence electrons. The lowest BCUT2D eigenvalue weighted by Crippen LogP contribution is -2.40. The maximum absolute atomic E-state index is 12.1. The summed E-state index contributed by atoms with van der Waals surface area (Å²) in [5.74, 6) is 0.216. The first kappa shape index (κ1) is 17.0. The number of hydrogen-bond donors (Lipinski definition) is 1. The second-order valence-electron chi connectivity index (χ2n) is 6.26. The summed E-state index contributed by atoms with van der Waals surface area (Å²) in [6.45, 7) is 4.86. The Labute approximate surface area is 137 Å². The third-order valence-corrected chi connectivity index (χ3v) is 3.73. The van der Waals surface area contributed by atoms with E-state index >= 15 is 0 Å². The molecule has 2 amide bonds. The molecule has 2 aromatic carbocycles. The number of fused-ring (bicyclic) bond motifs is 1. The summed E-state index contributed by atoms with van der Waals surface area (Å²) in [4.78, 5) is 25.7. The Bertz CT molecular complexity index is 689. The molecule has 0 atom stereocenters. The van der Waals surface area contributed by atoms with Crippen LogP contribution in [0.4, 0.5) is 0 Å². The number of carbonyl (C=O) groups excluding carboxylic acids is 2. The fraction of sp³-hybridized carbons (Fsp3) is 0.368. The molecule has 0 aromatic heterocycles. The van der Waals surface area contributed by atoms with Gasteiger partial charge in [-0.15, -0.1) is 0 Å². The van der Waals surface area contributed by atoms with Gasteiger partial charge in [-0.05, 0) is 22.3 Å². The predicted molar refractivity (Wildman–Crippen MR) is 93.1 cm³/mol. The number of rotatable bonds is 6. The molecule has 1 N–H and O–H groups in total. The van der Waals surface area contributed by atoms with Crippen molar-refractivity contribution < 1.29 is 9.59 Å². The molecule has 2 rings (SSSR count). The quantitative estimate of drug-likeness (QED) is 0.891. The van der Waals surface area contributed by atoms with Gasteiger partial charge in [0.2, 0.25) is 11.8 Å². The van der Waals surface area contributed by atoms with Crippen LogP contribution in [-0.4, -0.2) is 36.9 Å². The summed E-state index contributed by atoms with van der Waals surface area (Å²) in [5.41, 5.74) is 0.976. The van der Waals surface area contributed by atoms with Crippen molar-refractivity contribution >= 4 is 22.6 Å². The number of benzene rings is 2. The molecule has 0 saturated heterocycles. The smallest absolute Gasteiger partial charge is 0.241 e. The monoisotopic (exact) mass is 312 g/mol. The zero-order valence-electron chi connectivity index (χ0n) is 14.0. The van der Waals surface area contributed by atoms with E-state index in [1.807, 2.05) is 42.5 Å². The van der Waals surface area contributed by atoms with Gasteiger partial charge in [0.05, 0.1) is 13.0 Å².